The van der Waals surface area contributed by atoms with E-state index in [1.807, 2.05) is 12.1 Å². The van der Waals surface area contributed by atoms with Gasteiger partial charge in [0.2, 0.25) is 0 Å². The molecule has 6 heteroatoms. The van der Waals surface area contributed by atoms with Gasteiger partial charge in [-0.05, 0) is 31.9 Å². The summed E-state index contributed by atoms with van der Waals surface area (Å²) in [4.78, 5) is 9.95. The Morgan fingerprint density at radius 3 is 2.62 bits per heavy atom. The van der Waals surface area contributed by atoms with Crippen LogP contribution in [0.1, 0.15) is 43.7 Å². The molecule has 0 spiro atoms. The lowest BCUT2D eigenvalue weighted by Gasteiger charge is -2.17. The van der Waals surface area contributed by atoms with Crippen molar-refractivity contribution in [3.05, 3.63) is 33.2 Å². The minimum Gasteiger partial charge on any atom is -0.370 e. The molecule has 0 radical (unpaired) electrons. The molecule has 1 unspecified atom stereocenters. The van der Waals surface area contributed by atoms with Gasteiger partial charge in [-0.3, -0.25) is 0 Å². The van der Waals surface area contributed by atoms with Crippen molar-refractivity contribution in [2.75, 3.05) is 17.2 Å². The standard InChI is InChI=1S/C15H21ClN4S/c1-4-8-17-14-11(5-2)15(19-9-18-14)20-10(3)12-6-7-13(16)21-12/h6-7,9-10H,4-5,8H2,1-3H3,(H2,17,18,19,20). The number of thiophene rings is 1. The van der Waals surface area contributed by atoms with E-state index >= 15 is 0 Å². The average molecular weight is 325 g/mol. The Bertz CT molecular complexity index is 585. The van der Waals surface area contributed by atoms with Crippen molar-refractivity contribution in [1.29, 1.82) is 0 Å². The number of rotatable bonds is 7. The first-order chi connectivity index (χ1) is 10.2. The lowest BCUT2D eigenvalue weighted by molar-refractivity contribution is 0.878. The Balaban J connectivity index is 2.18. The van der Waals surface area contributed by atoms with Crippen molar-refractivity contribution >= 4 is 34.6 Å². The second-order valence-corrected chi connectivity index (χ2v) is 6.58. The molecule has 2 aromatic heterocycles. The first kappa shape index (κ1) is 16.0. The highest BCUT2D eigenvalue weighted by atomic mass is 35.5. The Morgan fingerprint density at radius 1 is 1.24 bits per heavy atom. The van der Waals surface area contributed by atoms with Crippen molar-refractivity contribution in [2.24, 2.45) is 0 Å². The van der Waals surface area contributed by atoms with Crippen LogP contribution < -0.4 is 10.6 Å². The van der Waals surface area contributed by atoms with Crippen LogP contribution in [0.2, 0.25) is 4.34 Å². The second kappa shape index (κ2) is 7.61. The average Bonchev–Trinajstić information content (AvgIpc) is 2.92. The zero-order valence-electron chi connectivity index (χ0n) is 12.6. The van der Waals surface area contributed by atoms with Gasteiger partial charge in [0, 0.05) is 17.0 Å². The van der Waals surface area contributed by atoms with Gasteiger partial charge in [-0.1, -0.05) is 25.4 Å². The monoisotopic (exact) mass is 324 g/mol. The van der Waals surface area contributed by atoms with E-state index in [2.05, 4.69) is 41.4 Å². The number of nitrogens with zero attached hydrogens (tertiary/aromatic N) is 2. The summed E-state index contributed by atoms with van der Waals surface area (Å²) in [7, 11) is 0. The molecule has 0 saturated heterocycles. The van der Waals surface area contributed by atoms with Crippen molar-refractivity contribution in [3.63, 3.8) is 0 Å². The molecule has 4 nitrogen and oxygen atoms in total. The van der Waals surface area contributed by atoms with Gasteiger partial charge in [0.25, 0.3) is 0 Å². The normalized spacial score (nSPS) is 12.2. The van der Waals surface area contributed by atoms with Gasteiger partial charge in [0.05, 0.1) is 10.4 Å². The molecule has 114 valence electrons. The van der Waals surface area contributed by atoms with Crippen LogP contribution in [0.4, 0.5) is 11.6 Å². The van der Waals surface area contributed by atoms with E-state index in [0.717, 1.165) is 40.9 Å². The fourth-order valence-electron chi connectivity index (χ4n) is 2.10. The van der Waals surface area contributed by atoms with Gasteiger partial charge in [0.15, 0.2) is 0 Å². The summed E-state index contributed by atoms with van der Waals surface area (Å²) in [5.41, 5.74) is 1.13. The molecule has 0 saturated carbocycles. The van der Waals surface area contributed by atoms with E-state index in [4.69, 9.17) is 11.6 Å². The summed E-state index contributed by atoms with van der Waals surface area (Å²) in [5.74, 6) is 1.82. The van der Waals surface area contributed by atoms with E-state index in [0.29, 0.717) is 0 Å². The molecule has 0 aliphatic heterocycles. The minimum atomic E-state index is 0.168. The number of anilines is 2. The van der Waals surface area contributed by atoms with Gasteiger partial charge >= 0.3 is 0 Å². The van der Waals surface area contributed by atoms with E-state index in [9.17, 15) is 0 Å². The third-order valence-electron chi connectivity index (χ3n) is 3.22. The van der Waals surface area contributed by atoms with Crippen LogP contribution in [0, 0.1) is 0 Å². The lowest BCUT2D eigenvalue weighted by atomic mass is 10.2. The predicted molar refractivity (Wildman–Crippen MR) is 91.6 cm³/mol. The fraction of sp³-hybridized carbons (Fsp3) is 0.467. The van der Waals surface area contributed by atoms with Crippen molar-refractivity contribution in [2.45, 2.75) is 39.7 Å². The summed E-state index contributed by atoms with van der Waals surface area (Å²) in [5, 5.41) is 6.83. The van der Waals surface area contributed by atoms with Gasteiger partial charge in [-0.25, -0.2) is 9.97 Å². The maximum Gasteiger partial charge on any atom is 0.135 e. The SMILES string of the molecule is CCCNc1ncnc(NC(C)c2ccc(Cl)s2)c1CC. The molecular formula is C15H21ClN4S. The molecule has 0 bridgehead atoms. The van der Waals surface area contributed by atoms with Crippen LogP contribution in [0.3, 0.4) is 0 Å². The zero-order chi connectivity index (χ0) is 15.2. The van der Waals surface area contributed by atoms with Crippen LogP contribution in [0.15, 0.2) is 18.5 Å². The summed E-state index contributed by atoms with van der Waals surface area (Å²) in [6, 6.07) is 4.14. The largest absolute Gasteiger partial charge is 0.370 e. The molecule has 0 amide bonds. The first-order valence-electron chi connectivity index (χ1n) is 7.25. The Morgan fingerprint density at radius 2 is 2.00 bits per heavy atom. The Hall–Kier alpha value is -1.33. The van der Waals surface area contributed by atoms with Crippen LogP contribution in [-0.4, -0.2) is 16.5 Å². The van der Waals surface area contributed by atoms with Crippen LogP contribution >= 0.6 is 22.9 Å². The summed E-state index contributed by atoms with van der Waals surface area (Å²) in [6.07, 6.45) is 3.56. The third-order valence-corrected chi connectivity index (χ3v) is 4.63. The van der Waals surface area contributed by atoms with Gasteiger partial charge in [-0.15, -0.1) is 11.3 Å². The fourth-order valence-corrected chi connectivity index (χ4v) is 3.17. The molecular weight excluding hydrogens is 304 g/mol. The van der Waals surface area contributed by atoms with E-state index in [1.165, 1.54) is 4.88 Å². The minimum absolute atomic E-state index is 0.168. The topological polar surface area (TPSA) is 49.8 Å². The van der Waals surface area contributed by atoms with Gasteiger partial charge < -0.3 is 10.6 Å². The van der Waals surface area contributed by atoms with Crippen molar-refractivity contribution < 1.29 is 0 Å². The molecule has 1 atom stereocenters. The smallest absolute Gasteiger partial charge is 0.135 e. The Kier molecular flexibility index (Phi) is 5.82. The maximum atomic E-state index is 6.00. The van der Waals surface area contributed by atoms with E-state index in [1.54, 1.807) is 17.7 Å². The highest BCUT2D eigenvalue weighted by Crippen LogP contribution is 2.30. The second-order valence-electron chi connectivity index (χ2n) is 4.84. The number of nitrogens with one attached hydrogen (secondary N) is 2. The van der Waals surface area contributed by atoms with Crippen molar-refractivity contribution in [1.82, 2.24) is 9.97 Å². The van der Waals surface area contributed by atoms with E-state index in [-0.39, 0.29) is 6.04 Å². The molecule has 2 rings (SSSR count). The molecule has 0 aliphatic carbocycles. The molecule has 0 aliphatic rings. The highest BCUT2D eigenvalue weighted by Gasteiger charge is 2.14. The summed E-state index contributed by atoms with van der Waals surface area (Å²) >= 11 is 7.59. The molecule has 0 fully saturated rings. The summed E-state index contributed by atoms with van der Waals surface area (Å²) in [6.45, 7) is 7.29. The third kappa shape index (κ3) is 4.08. The quantitative estimate of drug-likeness (QED) is 0.771. The molecule has 2 N–H and O–H groups in total. The van der Waals surface area contributed by atoms with Gasteiger partial charge in [-0.2, -0.15) is 0 Å². The molecule has 2 aromatic rings. The lowest BCUT2D eigenvalue weighted by Crippen LogP contribution is -2.12. The number of hydrogen-bond donors (Lipinski definition) is 2. The summed E-state index contributed by atoms with van der Waals surface area (Å²) < 4.78 is 0.808. The predicted octanol–water partition coefficient (Wildman–Crippen LogP) is 4.75. The highest BCUT2D eigenvalue weighted by molar-refractivity contribution is 7.16. The van der Waals surface area contributed by atoms with Crippen LogP contribution in [-0.2, 0) is 6.42 Å². The molecule has 2 heterocycles. The molecule has 0 aromatic carbocycles. The zero-order valence-corrected chi connectivity index (χ0v) is 14.2. The van der Waals surface area contributed by atoms with Crippen LogP contribution in [0.25, 0.3) is 0 Å². The number of hydrogen-bond acceptors (Lipinski definition) is 5. The number of aromatic nitrogens is 2. The Labute approximate surface area is 135 Å². The molecule has 21 heavy (non-hydrogen) atoms. The van der Waals surface area contributed by atoms with Crippen molar-refractivity contribution in [3.8, 4) is 0 Å². The first-order valence-corrected chi connectivity index (χ1v) is 8.44. The van der Waals surface area contributed by atoms with E-state index < -0.39 is 0 Å². The van der Waals surface area contributed by atoms with Gasteiger partial charge in [0.1, 0.15) is 18.0 Å². The maximum absolute atomic E-state index is 6.00. The van der Waals surface area contributed by atoms with Crippen LogP contribution in [0.5, 0.6) is 0 Å². The number of halogens is 1.